The molecule has 0 radical (unpaired) electrons. The first-order chi connectivity index (χ1) is 4.90. The molecule has 2 atom stereocenters. The van der Waals surface area contributed by atoms with Crippen molar-refractivity contribution in [1.82, 2.24) is 0 Å². The van der Waals surface area contributed by atoms with Crippen LogP contribution in [0.5, 0.6) is 0 Å². The summed E-state index contributed by atoms with van der Waals surface area (Å²) in [5, 5.41) is -0.299. The largest absolute Gasteiger partial charge is 0.328 e. The lowest BCUT2D eigenvalue weighted by atomic mass is 10.2. The summed E-state index contributed by atoms with van der Waals surface area (Å²) in [5.41, 5.74) is 5.48. The second-order valence-corrected chi connectivity index (χ2v) is 5.68. The van der Waals surface area contributed by atoms with E-state index in [-0.39, 0.29) is 17.0 Å². The molecule has 0 aliphatic rings. The summed E-state index contributed by atoms with van der Waals surface area (Å²) >= 11 is 0. The fourth-order valence-corrected chi connectivity index (χ4v) is 2.12. The van der Waals surface area contributed by atoms with Crippen LogP contribution in [0.2, 0.25) is 0 Å². The monoisotopic (exact) mass is 179 g/mol. The molecule has 0 aliphatic heterocycles. The van der Waals surface area contributed by atoms with E-state index in [9.17, 15) is 8.42 Å². The predicted octanol–water partition coefficient (Wildman–Crippen LogP) is 0.547. The summed E-state index contributed by atoms with van der Waals surface area (Å²) < 4.78 is 22.4. The summed E-state index contributed by atoms with van der Waals surface area (Å²) in [6.45, 7) is 5.19. The standard InChI is InChI=1S/C7H17NO2S/c1-4-11(9,10)7(3)5-6(2)8/h6-7H,4-5,8H2,1-3H3. The Morgan fingerprint density at radius 3 is 2.09 bits per heavy atom. The molecule has 0 saturated heterocycles. The van der Waals surface area contributed by atoms with Crippen molar-refractivity contribution in [2.24, 2.45) is 5.73 Å². The third-order valence-electron chi connectivity index (χ3n) is 1.72. The van der Waals surface area contributed by atoms with Crippen LogP contribution in [-0.4, -0.2) is 25.5 Å². The number of hydrogen-bond donors (Lipinski definition) is 1. The molecule has 0 aromatic rings. The Kier molecular flexibility index (Phi) is 4.03. The van der Waals surface area contributed by atoms with Crippen molar-refractivity contribution in [1.29, 1.82) is 0 Å². The van der Waals surface area contributed by atoms with Crippen LogP contribution in [0.25, 0.3) is 0 Å². The first kappa shape index (κ1) is 10.9. The highest BCUT2D eigenvalue weighted by Gasteiger charge is 2.19. The number of sulfone groups is 1. The molecule has 0 bridgehead atoms. The van der Waals surface area contributed by atoms with E-state index in [1.165, 1.54) is 0 Å². The van der Waals surface area contributed by atoms with Gasteiger partial charge in [0.15, 0.2) is 9.84 Å². The van der Waals surface area contributed by atoms with E-state index in [2.05, 4.69) is 0 Å². The van der Waals surface area contributed by atoms with Gasteiger partial charge in [-0.25, -0.2) is 8.42 Å². The molecule has 68 valence electrons. The fraction of sp³-hybridized carbons (Fsp3) is 1.00. The van der Waals surface area contributed by atoms with Crippen molar-refractivity contribution in [2.45, 2.75) is 38.5 Å². The van der Waals surface area contributed by atoms with Gasteiger partial charge in [0.2, 0.25) is 0 Å². The molecule has 4 heteroatoms. The van der Waals surface area contributed by atoms with E-state index < -0.39 is 9.84 Å². The van der Waals surface area contributed by atoms with Crippen molar-refractivity contribution in [2.75, 3.05) is 5.75 Å². The Balaban J connectivity index is 4.14. The van der Waals surface area contributed by atoms with Gasteiger partial charge in [0.25, 0.3) is 0 Å². The summed E-state index contributed by atoms with van der Waals surface area (Å²) in [4.78, 5) is 0. The van der Waals surface area contributed by atoms with E-state index in [4.69, 9.17) is 5.73 Å². The average molecular weight is 179 g/mol. The molecule has 0 aliphatic carbocycles. The van der Waals surface area contributed by atoms with Crippen molar-refractivity contribution < 1.29 is 8.42 Å². The van der Waals surface area contributed by atoms with Gasteiger partial charge in [0, 0.05) is 11.8 Å². The maximum Gasteiger partial charge on any atom is 0.152 e. The van der Waals surface area contributed by atoms with E-state index >= 15 is 0 Å². The van der Waals surface area contributed by atoms with Crippen molar-refractivity contribution in [3.05, 3.63) is 0 Å². The Morgan fingerprint density at radius 2 is 1.82 bits per heavy atom. The third-order valence-corrected chi connectivity index (χ3v) is 3.94. The normalized spacial score (nSPS) is 17.8. The smallest absolute Gasteiger partial charge is 0.152 e. The van der Waals surface area contributed by atoms with Gasteiger partial charge in [0.1, 0.15) is 0 Å². The van der Waals surface area contributed by atoms with Gasteiger partial charge in [-0.05, 0) is 20.3 Å². The zero-order valence-corrected chi connectivity index (χ0v) is 8.19. The van der Waals surface area contributed by atoms with Gasteiger partial charge in [0.05, 0.1) is 5.25 Å². The van der Waals surface area contributed by atoms with E-state index in [0.717, 1.165) is 0 Å². The zero-order chi connectivity index (χ0) is 9.07. The summed E-state index contributed by atoms with van der Waals surface area (Å²) in [6, 6.07) is -0.0358. The Morgan fingerprint density at radius 1 is 1.36 bits per heavy atom. The van der Waals surface area contributed by atoms with Gasteiger partial charge in [-0.15, -0.1) is 0 Å². The molecule has 11 heavy (non-hydrogen) atoms. The van der Waals surface area contributed by atoms with Crippen LogP contribution in [0.15, 0.2) is 0 Å². The number of hydrogen-bond acceptors (Lipinski definition) is 3. The van der Waals surface area contributed by atoms with Gasteiger partial charge < -0.3 is 5.73 Å². The van der Waals surface area contributed by atoms with Crippen LogP contribution in [0.3, 0.4) is 0 Å². The third kappa shape index (κ3) is 3.72. The SMILES string of the molecule is CCS(=O)(=O)C(C)CC(C)N. The topological polar surface area (TPSA) is 60.2 Å². The molecular formula is C7H17NO2S. The lowest BCUT2D eigenvalue weighted by molar-refractivity contribution is 0.564. The van der Waals surface area contributed by atoms with Crippen LogP contribution in [0.1, 0.15) is 27.2 Å². The van der Waals surface area contributed by atoms with E-state index in [0.29, 0.717) is 6.42 Å². The van der Waals surface area contributed by atoms with Gasteiger partial charge in [-0.1, -0.05) is 6.92 Å². The minimum absolute atomic E-state index is 0.0358. The molecular weight excluding hydrogens is 162 g/mol. The molecule has 0 heterocycles. The fourth-order valence-electron chi connectivity index (χ4n) is 0.955. The summed E-state index contributed by atoms with van der Waals surface area (Å²) in [6.07, 6.45) is 0.552. The van der Waals surface area contributed by atoms with Gasteiger partial charge in [-0.2, -0.15) is 0 Å². The zero-order valence-electron chi connectivity index (χ0n) is 7.37. The molecule has 3 nitrogen and oxygen atoms in total. The second kappa shape index (κ2) is 4.07. The maximum atomic E-state index is 11.2. The van der Waals surface area contributed by atoms with Crippen molar-refractivity contribution >= 4 is 9.84 Å². The number of rotatable bonds is 4. The molecule has 0 saturated carbocycles. The molecule has 2 N–H and O–H groups in total. The molecule has 0 aromatic heterocycles. The quantitative estimate of drug-likeness (QED) is 0.685. The maximum absolute atomic E-state index is 11.2. The average Bonchev–Trinajstić information content (AvgIpc) is 1.86. The van der Waals surface area contributed by atoms with Gasteiger partial charge >= 0.3 is 0 Å². The van der Waals surface area contributed by atoms with Gasteiger partial charge in [-0.3, -0.25) is 0 Å². The minimum atomic E-state index is -2.87. The van der Waals surface area contributed by atoms with Crippen LogP contribution >= 0.6 is 0 Å². The molecule has 0 fully saturated rings. The molecule has 0 spiro atoms. The highest BCUT2D eigenvalue weighted by Crippen LogP contribution is 2.07. The molecule has 0 rings (SSSR count). The Hall–Kier alpha value is -0.0900. The van der Waals surface area contributed by atoms with Crippen LogP contribution < -0.4 is 5.73 Å². The highest BCUT2D eigenvalue weighted by molar-refractivity contribution is 7.91. The van der Waals surface area contributed by atoms with Crippen LogP contribution in [0, 0.1) is 0 Å². The Labute approximate surface area is 68.9 Å². The van der Waals surface area contributed by atoms with E-state index in [1.54, 1.807) is 13.8 Å². The second-order valence-electron chi connectivity index (χ2n) is 2.98. The molecule has 0 aromatic carbocycles. The summed E-state index contributed by atoms with van der Waals surface area (Å²) in [7, 11) is -2.87. The lowest BCUT2D eigenvalue weighted by Gasteiger charge is -2.12. The lowest BCUT2D eigenvalue weighted by Crippen LogP contribution is -2.28. The van der Waals surface area contributed by atoms with Crippen molar-refractivity contribution in [3.63, 3.8) is 0 Å². The highest BCUT2D eigenvalue weighted by atomic mass is 32.2. The Bertz CT molecular complexity index is 196. The molecule has 0 amide bonds. The van der Waals surface area contributed by atoms with Crippen LogP contribution in [0.4, 0.5) is 0 Å². The molecule has 2 unspecified atom stereocenters. The summed E-state index contributed by atoms with van der Waals surface area (Å²) in [5.74, 6) is 0.209. The number of nitrogens with two attached hydrogens (primary N) is 1. The first-order valence-corrected chi connectivity index (χ1v) is 5.58. The predicted molar refractivity (Wildman–Crippen MR) is 47.2 cm³/mol. The van der Waals surface area contributed by atoms with E-state index in [1.807, 2.05) is 6.92 Å². The van der Waals surface area contributed by atoms with Crippen LogP contribution in [-0.2, 0) is 9.84 Å². The first-order valence-electron chi connectivity index (χ1n) is 3.87. The minimum Gasteiger partial charge on any atom is -0.328 e. The van der Waals surface area contributed by atoms with Crippen molar-refractivity contribution in [3.8, 4) is 0 Å².